The Morgan fingerprint density at radius 1 is 1.25 bits per heavy atom. The van der Waals surface area contributed by atoms with Gasteiger partial charge in [-0.1, -0.05) is 19.9 Å². The number of anilines is 1. The van der Waals surface area contributed by atoms with Gasteiger partial charge in [0.2, 0.25) is 5.91 Å². The third-order valence-corrected chi connectivity index (χ3v) is 6.37. The normalized spacial score (nSPS) is 18.3. The van der Waals surface area contributed by atoms with E-state index in [1.54, 1.807) is 11.3 Å². The zero-order valence-electron chi connectivity index (χ0n) is 18.4. The Morgan fingerprint density at radius 3 is 2.72 bits per heavy atom. The van der Waals surface area contributed by atoms with Gasteiger partial charge in [0.25, 0.3) is 0 Å². The highest BCUT2D eigenvalue weighted by molar-refractivity contribution is 7.21. The molecular formula is C24H27N3O4S. The predicted molar refractivity (Wildman–Crippen MR) is 126 cm³/mol. The number of amides is 2. The van der Waals surface area contributed by atoms with Crippen molar-refractivity contribution in [1.29, 1.82) is 0 Å². The lowest BCUT2D eigenvalue weighted by Crippen LogP contribution is -2.43. The number of β-amino-alcohol motifs (C(OH)–C–C–N with tert-alkyl or cyclic N) is 1. The lowest BCUT2D eigenvalue weighted by Gasteiger charge is -2.23. The van der Waals surface area contributed by atoms with Gasteiger partial charge in [0, 0.05) is 17.7 Å². The fraction of sp³-hybridized carbons (Fsp3) is 0.375. The number of benzene rings is 2. The zero-order valence-corrected chi connectivity index (χ0v) is 19.2. The van der Waals surface area contributed by atoms with E-state index >= 15 is 0 Å². The lowest BCUT2D eigenvalue weighted by molar-refractivity contribution is -0.120. The summed E-state index contributed by atoms with van der Waals surface area (Å²) in [4.78, 5) is 31.2. The molecule has 1 saturated heterocycles. The number of hydrogen-bond acceptors (Lipinski definition) is 6. The second-order valence-corrected chi connectivity index (χ2v) is 9.62. The molecule has 2 N–H and O–H groups in total. The molecule has 2 aromatic carbocycles. The molecule has 2 unspecified atom stereocenters. The van der Waals surface area contributed by atoms with Crippen molar-refractivity contribution >= 4 is 39.2 Å². The van der Waals surface area contributed by atoms with Gasteiger partial charge in [0.1, 0.15) is 11.0 Å². The van der Waals surface area contributed by atoms with Crippen LogP contribution in [0.15, 0.2) is 42.5 Å². The first-order chi connectivity index (χ1) is 15.3. The van der Waals surface area contributed by atoms with Crippen LogP contribution in [0.25, 0.3) is 20.8 Å². The van der Waals surface area contributed by atoms with Crippen molar-refractivity contribution in [2.75, 3.05) is 18.5 Å². The molecule has 1 aliphatic heterocycles. The Kier molecular flexibility index (Phi) is 6.43. The third-order valence-electron chi connectivity index (χ3n) is 5.30. The number of ether oxygens (including phenoxy) is 1. The second-order valence-electron chi connectivity index (χ2n) is 8.59. The van der Waals surface area contributed by atoms with Crippen LogP contribution in [0.4, 0.5) is 10.5 Å². The topological polar surface area (TPSA) is 91.8 Å². The highest BCUT2D eigenvalue weighted by Crippen LogP contribution is 2.31. The zero-order chi connectivity index (χ0) is 22.8. The van der Waals surface area contributed by atoms with Gasteiger partial charge in [0.05, 0.1) is 29.5 Å². The SMILES string of the molecule is Cc1ccc2nc(-c3ccc(NC(=O)C4CC(O)CN4C(=O)OCC(C)C)cc3)sc2c1. The number of carbonyl (C=O) groups is 2. The summed E-state index contributed by atoms with van der Waals surface area (Å²) in [7, 11) is 0. The summed E-state index contributed by atoms with van der Waals surface area (Å²) < 4.78 is 6.39. The van der Waals surface area contributed by atoms with Crippen molar-refractivity contribution in [1.82, 2.24) is 9.88 Å². The molecule has 0 aliphatic carbocycles. The van der Waals surface area contributed by atoms with E-state index < -0.39 is 18.2 Å². The molecule has 0 bridgehead atoms. The molecule has 2 heterocycles. The van der Waals surface area contributed by atoms with E-state index in [1.807, 2.05) is 50.2 Å². The maximum absolute atomic E-state index is 12.8. The van der Waals surface area contributed by atoms with Crippen molar-refractivity contribution in [2.24, 2.45) is 5.92 Å². The summed E-state index contributed by atoms with van der Waals surface area (Å²) in [5.41, 5.74) is 3.76. The average Bonchev–Trinajstić information content (AvgIpc) is 3.35. The molecular weight excluding hydrogens is 426 g/mol. The minimum atomic E-state index is -0.767. The first-order valence-corrected chi connectivity index (χ1v) is 11.5. The second kappa shape index (κ2) is 9.26. The lowest BCUT2D eigenvalue weighted by atomic mass is 10.1. The minimum absolute atomic E-state index is 0.0883. The molecule has 1 aromatic heterocycles. The van der Waals surface area contributed by atoms with Gasteiger partial charge in [0.15, 0.2) is 0 Å². The molecule has 4 rings (SSSR count). The summed E-state index contributed by atoms with van der Waals surface area (Å²) in [6.07, 6.45) is -1.13. The molecule has 32 heavy (non-hydrogen) atoms. The summed E-state index contributed by atoms with van der Waals surface area (Å²) >= 11 is 1.63. The van der Waals surface area contributed by atoms with Crippen LogP contribution < -0.4 is 5.32 Å². The van der Waals surface area contributed by atoms with Crippen LogP contribution in [0.1, 0.15) is 25.8 Å². The maximum atomic E-state index is 12.8. The van der Waals surface area contributed by atoms with E-state index in [-0.39, 0.29) is 31.4 Å². The molecule has 0 radical (unpaired) electrons. The predicted octanol–water partition coefficient (Wildman–Crippen LogP) is 4.44. The number of aryl methyl sites for hydroxylation is 1. The molecule has 2 amide bonds. The summed E-state index contributed by atoms with van der Waals surface area (Å²) in [5, 5.41) is 13.8. The van der Waals surface area contributed by atoms with Crippen LogP contribution in [-0.4, -0.2) is 52.3 Å². The van der Waals surface area contributed by atoms with Crippen molar-refractivity contribution in [3.05, 3.63) is 48.0 Å². The molecule has 7 nitrogen and oxygen atoms in total. The molecule has 8 heteroatoms. The summed E-state index contributed by atoms with van der Waals surface area (Å²) in [5.74, 6) is -0.150. The third kappa shape index (κ3) is 4.92. The number of aliphatic hydroxyl groups is 1. The van der Waals surface area contributed by atoms with Gasteiger partial charge in [-0.05, 0) is 54.8 Å². The van der Waals surface area contributed by atoms with E-state index in [2.05, 4.69) is 18.3 Å². The Balaban J connectivity index is 1.44. The Morgan fingerprint density at radius 2 is 2.00 bits per heavy atom. The number of thiazole rings is 1. The largest absolute Gasteiger partial charge is 0.449 e. The van der Waals surface area contributed by atoms with E-state index in [0.717, 1.165) is 20.8 Å². The van der Waals surface area contributed by atoms with Crippen LogP contribution in [0.2, 0.25) is 0 Å². The highest BCUT2D eigenvalue weighted by atomic mass is 32.1. The van der Waals surface area contributed by atoms with Crippen molar-refractivity contribution in [3.8, 4) is 10.6 Å². The van der Waals surface area contributed by atoms with E-state index in [9.17, 15) is 14.7 Å². The van der Waals surface area contributed by atoms with Gasteiger partial charge in [-0.15, -0.1) is 11.3 Å². The molecule has 1 aliphatic rings. The van der Waals surface area contributed by atoms with Crippen LogP contribution >= 0.6 is 11.3 Å². The van der Waals surface area contributed by atoms with E-state index in [0.29, 0.717) is 5.69 Å². The monoisotopic (exact) mass is 453 g/mol. The van der Waals surface area contributed by atoms with Crippen LogP contribution in [0, 0.1) is 12.8 Å². The van der Waals surface area contributed by atoms with Crippen molar-refractivity contribution in [2.45, 2.75) is 39.3 Å². The molecule has 168 valence electrons. The number of nitrogens with one attached hydrogen (secondary N) is 1. The van der Waals surface area contributed by atoms with Crippen LogP contribution in [0.3, 0.4) is 0 Å². The van der Waals surface area contributed by atoms with Crippen molar-refractivity contribution < 1.29 is 19.4 Å². The molecule has 0 saturated carbocycles. The molecule has 0 spiro atoms. The number of aliphatic hydroxyl groups excluding tert-OH is 1. The molecule has 2 atom stereocenters. The first-order valence-electron chi connectivity index (χ1n) is 10.7. The van der Waals surface area contributed by atoms with E-state index in [1.165, 1.54) is 10.5 Å². The van der Waals surface area contributed by atoms with Gasteiger partial charge >= 0.3 is 6.09 Å². The number of aromatic nitrogens is 1. The standard InChI is InChI=1S/C24H27N3O4S/c1-14(2)13-31-24(30)27-12-18(28)11-20(27)22(29)25-17-7-5-16(6-8-17)23-26-19-9-4-15(3)10-21(19)32-23/h4-10,14,18,20,28H,11-13H2,1-3H3,(H,25,29). The highest BCUT2D eigenvalue weighted by Gasteiger charge is 2.39. The number of carbonyl (C=O) groups excluding carboxylic acids is 2. The van der Waals surface area contributed by atoms with Gasteiger partial charge in [-0.25, -0.2) is 9.78 Å². The van der Waals surface area contributed by atoms with Gasteiger partial charge in [-0.3, -0.25) is 9.69 Å². The number of likely N-dealkylation sites (tertiary alicyclic amines) is 1. The number of rotatable bonds is 5. The van der Waals surface area contributed by atoms with Crippen LogP contribution in [0.5, 0.6) is 0 Å². The quantitative estimate of drug-likeness (QED) is 0.596. The van der Waals surface area contributed by atoms with Gasteiger partial charge in [-0.2, -0.15) is 0 Å². The first kappa shape index (κ1) is 22.2. The molecule has 3 aromatic rings. The van der Waals surface area contributed by atoms with Gasteiger partial charge < -0.3 is 15.2 Å². The number of nitrogens with zero attached hydrogens (tertiary/aromatic N) is 2. The molecule has 1 fully saturated rings. The summed E-state index contributed by atoms with van der Waals surface area (Å²) in [6, 6.07) is 12.9. The Hall–Kier alpha value is -2.97. The van der Waals surface area contributed by atoms with Crippen LogP contribution in [-0.2, 0) is 9.53 Å². The fourth-order valence-corrected chi connectivity index (χ4v) is 4.73. The van der Waals surface area contributed by atoms with E-state index in [4.69, 9.17) is 9.72 Å². The van der Waals surface area contributed by atoms with Crippen molar-refractivity contribution in [3.63, 3.8) is 0 Å². The maximum Gasteiger partial charge on any atom is 0.410 e. The summed E-state index contributed by atoms with van der Waals surface area (Å²) in [6.45, 7) is 6.30. The Bertz CT molecular complexity index is 1130. The smallest absolute Gasteiger partial charge is 0.410 e. The Labute approximate surface area is 191 Å². The fourth-order valence-electron chi connectivity index (χ4n) is 3.66. The minimum Gasteiger partial charge on any atom is -0.449 e. The number of fused-ring (bicyclic) bond motifs is 1. The number of hydrogen-bond donors (Lipinski definition) is 2. The average molecular weight is 454 g/mol.